The van der Waals surface area contributed by atoms with Crippen molar-refractivity contribution in [1.82, 2.24) is 15.0 Å². The first-order valence-electron chi connectivity index (χ1n) is 19.2. The van der Waals surface area contributed by atoms with Crippen LogP contribution in [-0.4, -0.2) is 88.7 Å². The monoisotopic (exact) mass is 699 g/mol. The van der Waals surface area contributed by atoms with Crippen molar-refractivity contribution in [3.05, 3.63) is 24.0 Å². The van der Waals surface area contributed by atoms with Gasteiger partial charge in [0, 0.05) is 0 Å². The third kappa shape index (κ3) is 4.85. The number of allylic oxidation sites excluding steroid dienone is 1. The minimum atomic E-state index is -1.51. The lowest BCUT2D eigenvalue weighted by Crippen LogP contribution is -2.68. The van der Waals surface area contributed by atoms with Gasteiger partial charge in [-0.15, -0.1) is 5.10 Å². The van der Waals surface area contributed by atoms with E-state index in [9.17, 15) is 35.4 Å². The summed E-state index contributed by atoms with van der Waals surface area (Å²) in [6.45, 7) is 17.9. The first-order chi connectivity index (χ1) is 23.4. The lowest BCUT2D eigenvalue weighted by molar-refractivity contribution is -0.256. The maximum absolute atomic E-state index is 13.0. The van der Waals surface area contributed by atoms with Crippen molar-refractivity contribution in [2.75, 3.05) is 6.61 Å². The molecule has 0 amide bonds. The number of nitrogens with zero attached hydrogens (tertiary/aromatic N) is 3. The van der Waals surface area contributed by atoms with E-state index in [1.165, 1.54) is 4.68 Å². The van der Waals surface area contributed by atoms with E-state index in [1.807, 2.05) is 0 Å². The molecule has 0 bridgehead atoms. The largest absolute Gasteiger partial charge is 0.481 e. The number of aromatic nitrogens is 3. The maximum atomic E-state index is 13.0. The number of ether oxygens (including phenoxy) is 1. The molecule has 1 saturated heterocycles. The SMILES string of the molecule is C=C(C)[C@@H]1CC[C@]2(C(=O)O)CC[C@]3(C)[C@H](CC[C@@H]4[C@@]5(C)C[C@@H](Cc6cn([C@@H]7O[C@H](CO)[C@@H](O)[C@H](O)[C@H]7O)nn6)[C@H](O)C(C)(C)[C@@H]5CC[C@]43C)[C@@H]12. The van der Waals surface area contributed by atoms with Gasteiger partial charge in [0.05, 0.1) is 30.0 Å². The smallest absolute Gasteiger partial charge is 0.309 e. The Morgan fingerprint density at radius 3 is 2.32 bits per heavy atom. The quantitative estimate of drug-likeness (QED) is 0.237. The molecule has 1 aromatic heterocycles. The van der Waals surface area contributed by atoms with Crippen LogP contribution < -0.4 is 0 Å². The van der Waals surface area contributed by atoms with Crippen LogP contribution in [-0.2, 0) is 16.0 Å². The van der Waals surface area contributed by atoms with Gasteiger partial charge in [-0.05, 0) is 128 Å². The molecule has 1 aliphatic heterocycles. The summed E-state index contributed by atoms with van der Waals surface area (Å²) < 4.78 is 7.05. The third-order valence-corrected chi connectivity index (χ3v) is 16.7. The Kier molecular flexibility index (Phi) is 8.80. The number of carboxylic acid groups (broad SMARTS) is 1. The predicted octanol–water partition coefficient (Wildman–Crippen LogP) is 4.12. The second kappa shape index (κ2) is 12.1. The number of carbonyl (C=O) groups is 1. The van der Waals surface area contributed by atoms with Crippen LogP contribution >= 0.6 is 0 Å². The van der Waals surface area contributed by atoms with Crippen molar-refractivity contribution in [3.63, 3.8) is 0 Å². The number of aliphatic hydroxyl groups is 5. The van der Waals surface area contributed by atoms with Crippen molar-refractivity contribution < 1.29 is 40.2 Å². The minimum absolute atomic E-state index is 0.00928. The zero-order valence-corrected chi connectivity index (χ0v) is 30.8. The Morgan fingerprint density at radius 2 is 1.66 bits per heavy atom. The molecule has 11 nitrogen and oxygen atoms in total. The van der Waals surface area contributed by atoms with Gasteiger partial charge in [0.25, 0.3) is 0 Å². The molecular formula is C39H61N3O8. The van der Waals surface area contributed by atoms with Gasteiger partial charge in [-0.25, -0.2) is 4.68 Å². The van der Waals surface area contributed by atoms with E-state index in [4.69, 9.17) is 4.74 Å². The molecule has 0 radical (unpaired) electrons. The fourth-order valence-electron chi connectivity index (χ4n) is 14.2. The molecule has 11 heteroatoms. The molecule has 2 heterocycles. The zero-order valence-electron chi connectivity index (χ0n) is 30.8. The van der Waals surface area contributed by atoms with Crippen LogP contribution in [0.1, 0.15) is 111 Å². The van der Waals surface area contributed by atoms with Crippen LogP contribution in [0.4, 0.5) is 0 Å². The molecule has 7 rings (SSSR count). The molecule has 50 heavy (non-hydrogen) atoms. The van der Waals surface area contributed by atoms with Crippen molar-refractivity contribution in [2.45, 2.75) is 142 Å². The first kappa shape index (κ1) is 36.5. The summed E-state index contributed by atoms with van der Waals surface area (Å²) in [7, 11) is 0. The van der Waals surface area contributed by atoms with Gasteiger partial charge in [0.2, 0.25) is 0 Å². The van der Waals surface area contributed by atoms with Crippen LogP contribution in [0.5, 0.6) is 0 Å². The van der Waals surface area contributed by atoms with E-state index in [-0.39, 0.29) is 39.4 Å². The normalized spacial score (nSPS) is 51.2. The molecule has 280 valence electrons. The molecule has 16 atom stereocenters. The number of rotatable bonds is 6. The molecule has 0 spiro atoms. The summed E-state index contributed by atoms with van der Waals surface area (Å²) in [6.07, 6.45) is 3.39. The first-order valence-corrected chi connectivity index (χ1v) is 19.2. The average Bonchev–Trinajstić information content (AvgIpc) is 3.69. The molecule has 5 saturated carbocycles. The summed E-state index contributed by atoms with van der Waals surface area (Å²) in [5.74, 6) is 0.791. The molecule has 6 fully saturated rings. The highest BCUT2D eigenvalue weighted by Gasteiger charge is 2.72. The van der Waals surface area contributed by atoms with Crippen molar-refractivity contribution in [2.24, 2.45) is 62.6 Å². The molecule has 0 unspecified atom stereocenters. The lowest BCUT2D eigenvalue weighted by atomic mass is 9.31. The van der Waals surface area contributed by atoms with Crippen molar-refractivity contribution >= 4 is 5.97 Å². The van der Waals surface area contributed by atoms with Gasteiger partial charge >= 0.3 is 5.97 Å². The molecule has 1 aromatic rings. The molecular weight excluding hydrogens is 638 g/mol. The Morgan fingerprint density at radius 1 is 0.940 bits per heavy atom. The van der Waals surface area contributed by atoms with Crippen LogP contribution in [0.3, 0.4) is 0 Å². The van der Waals surface area contributed by atoms with Gasteiger partial charge in [-0.3, -0.25) is 4.79 Å². The standard InChI is InChI=1S/C39H61N3O8/c1-20(2)23-10-13-39(34(48)49)15-14-37(6)24(28(23)39)8-9-27-36(5)17-21(32(47)35(3,4)26(36)11-12-38(27,37)7)16-22-18-42(41-40-22)33-31(46)30(45)29(44)25(19-43)50-33/h18,21,23-33,43-47H,1,8-17,19H2,2-7H3,(H,48,49)/t21-,23+,24-,25-,26+,27-,28-,29-,30+,31-,32+,33-,36+,37-,38-,39+/m1/s1. The summed E-state index contributed by atoms with van der Waals surface area (Å²) >= 11 is 0. The van der Waals surface area contributed by atoms with Crippen molar-refractivity contribution in [1.29, 1.82) is 0 Å². The van der Waals surface area contributed by atoms with Gasteiger partial charge in [0.15, 0.2) is 6.23 Å². The van der Waals surface area contributed by atoms with Crippen molar-refractivity contribution in [3.8, 4) is 0 Å². The summed E-state index contributed by atoms with van der Waals surface area (Å²) in [4.78, 5) is 13.0. The molecule has 0 aromatic carbocycles. The Balaban J connectivity index is 1.17. The molecule has 6 aliphatic rings. The number of fused-ring (bicyclic) bond motifs is 7. The maximum Gasteiger partial charge on any atom is 0.309 e. The number of aliphatic carboxylic acids is 1. The molecule has 5 aliphatic carbocycles. The van der Waals surface area contributed by atoms with E-state index in [0.29, 0.717) is 29.9 Å². The van der Waals surface area contributed by atoms with Crippen LogP contribution in [0.2, 0.25) is 0 Å². The Labute approximate surface area is 296 Å². The predicted molar refractivity (Wildman–Crippen MR) is 184 cm³/mol. The highest BCUT2D eigenvalue weighted by atomic mass is 16.6. The Hall–Kier alpha value is -1.89. The highest BCUT2D eigenvalue weighted by Crippen LogP contribution is 2.78. The number of aliphatic hydroxyl groups excluding tert-OH is 5. The van der Waals surface area contributed by atoms with Crippen LogP contribution in [0, 0.1) is 62.6 Å². The average molecular weight is 700 g/mol. The van der Waals surface area contributed by atoms with E-state index in [0.717, 1.165) is 63.4 Å². The second-order valence-corrected chi connectivity index (χ2v) is 19.0. The van der Waals surface area contributed by atoms with E-state index >= 15 is 0 Å². The van der Waals surface area contributed by atoms with Gasteiger partial charge in [-0.1, -0.05) is 52.0 Å². The van der Waals surface area contributed by atoms with Gasteiger partial charge < -0.3 is 35.4 Å². The van der Waals surface area contributed by atoms with Crippen LogP contribution in [0.15, 0.2) is 18.3 Å². The van der Waals surface area contributed by atoms with Gasteiger partial charge in [-0.2, -0.15) is 0 Å². The fraction of sp³-hybridized carbons (Fsp3) is 0.872. The highest BCUT2D eigenvalue weighted by molar-refractivity contribution is 5.76. The van der Waals surface area contributed by atoms with E-state index < -0.39 is 54.7 Å². The number of carboxylic acids is 1. The number of hydrogen-bond donors (Lipinski definition) is 6. The van der Waals surface area contributed by atoms with E-state index in [1.54, 1.807) is 6.20 Å². The topological polar surface area (TPSA) is 178 Å². The van der Waals surface area contributed by atoms with E-state index in [2.05, 4.69) is 58.4 Å². The summed E-state index contributed by atoms with van der Waals surface area (Å²) in [5, 5.41) is 72.3. The molecule has 6 N–H and O–H groups in total. The second-order valence-electron chi connectivity index (χ2n) is 19.0. The van der Waals surface area contributed by atoms with Gasteiger partial charge in [0.1, 0.15) is 24.4 Å². The Bertz CT molecular complexity index is 1500. The number of hydrogen-bond acceptors (Lipinski definition) is 9. The summed E-state index contributed by atoms with van der Waals surface area (Å²) in [6, 6.07) is 0. The minimum Gasteiger partial charge on any atom is -0.481 e. The zero-order chi connectivity index (χ0) is 36.3. The summed E-state index contributed by atoms with van der Waals surface area (Å²) in [5.41, 5.74) is 0.783. The lowest BCUT2D eigenvalue weighted by Gasteiger charge is -2.73. The fourth-order valence-corrected chi connectivity index (χ4v) is 14.2. The third-order valence-electron chi connectivity index (χ3n) is 16.7. The van der Waals surface area contributed by atoms with Crippen LogP contribution in [0.25, 0.3) is 0 Å².